The van der Waals surface area contributed by atoms with E-state index >= 15 is 0 Å². The Balaban J connectivity index is 1.82. The Morgan fingerprint density at radius 2 is 1.58 bits per heavy atom. The minimum absolute atomic E-state index is 0.123. The standard InChI is InChI=1S/C13H14F4N2/c14-9-5-10(15)12(17)13(11(9)16)19-4-3-8(6-19)18-7-1-2-7/h5,7-8,18H,1-4,6H2. The van der Waals surface area contributed by atoms with Crippen LogP contribution in [0.25, 0.3) is 0 Å². The van der Waals surface area contributed by atoms with E-state index < -0.39 is 29.0 Å². The largest absolute Gasteiger partial charge is 0.365 e. The fourth-order valence-electron chi connectivity index (χ4n) is 2.52. The number of hydrogen-bond donors (Lipinski definition) is 1. The molecule has 2 fully saturated rings. The van der Waals surface area contributed by atoms with Crippen molar-refractivity contribution >= 4 is 5.69 Å². The maximum atomic E-state index is 13.7. The van der Waals surface area contributed by atoms with Crippen LogP contribution in [0, 0.1) is 23.3 Å². The first-order valence-electron chi connectivity index (χ1n) is 6.40. The first kappa shape index (κ1) is 12.7. The SMILES string of the molecule is Fc1cc(F)c(F)c(N2CCC(NC3CC3)C2)c1F. The van der Waals surface area contributed by atoms with Gasteiger partial charge in [0, 0.05) is 31.2 Å². The van der Waals surface area contributed by atoms with Crippen LogP contribution in [0.1, 0.15) is 19.3 Å². The van der Waals surface area contributed by atoms with Gasteiger partial charge in [0.1, 0.15) is 5.69 Å². The molecule has 1 unspecified atom stereocenters. The molecule has 1 saturated heterocycles. The van der Waals surface area contributed by atoms with Gasteiger partial charge in [-0.3, -0.25) is 0 Å². The second-order valence-electron chi connectivity index (χ2n) is 5.19. The lowest BCUT2D eigenvalue weighted by atomic mass is 10.2. The predicted octanol–water partition coefficient (Wildman–Crippen LogP) is 2.57. The number of hydrogen-bond acceptors (Lipinski definition) is 2. The molecule has 0 radical (unpaired) electrons. The van der Waals surface area contributed by atoms with E-state index in [0.29, 0.717) is 25.6 Å². The molecular formula is C13H14F4N2. The molecular weight excluding hydrogens is 260 g/mol. The lowest BCUT2D eigenvalue weighted by molar-refractivity contribution is 0.452. The van der Waals surface area contributed by atoms with E-state index in [0.717, 1.165) is 12.8 Å². The molecule has 1 heterocycles. The summed E-state index contributed by atoms with van der Waals surface area (Å²) in [5.41, 5.74) is -0.586. The van der Waals surface area contributed by atoms with Crippen LogP contribution in [0.4, 0.5) is 23.2 Å². The van der Waals surface area contributed by atoms with Crippen molar-refractivity contribution < 1.29 is 17.6 Å². The van der Waals surface area contributed by atoms with Crippen molar-refractivity contribution in [2.75, 3.05) is 18.0 Å². The van der Waals surface area contributed by atoms with E-state index in [1.165, 1.54) is 4.90 Å². The van der Waals surface area contributed by atoms with Crippen molar-refractivity contribution in [3.05, 3.63) is 29.3 Å². The fraction of sp³-hybridized carbons (Fsp3) is 0.538. The normalized spacial score (nSPS) is 23.2. The molecule has 1 N–H and O–H groups in total. The van der Waals surface area contributed by atoms with E-state index in [-0.39, 0.29) is 12.1 Å². The highest BCUT2D eigenvalue weighted by atomic mass is 19.2. The van der Waals surface area contributed by atoms with Gasteiger partial charge < -0.3 is 10.2 Å². The molecule has 19 heavy (non-hydrogen) atoms. The van der Waals surface area contributed by atoms with Crippen LogP contribution in [0.5, 0.6) is 0 Å². The van der Waals surface area contributed by atoms with Crippen molar-refractivity contribution in [2.24, 2.45) is 0 Å². The Morgan fingerprint density at radius 1 is 0.947 bits per heavy atom. The van der Waals surface area contributed by atoms with Crippen LogP contribution in [0.15, 0.2) is 6.07 Å². The minimum Gasteiger partial charge on any atom is -0.365 e. The zero-order chi connectivity index (χ0) is 13.6. The number of halogens is 4. The second kappa shape index (κ2) is 4.67. The van der Waals surface area contributed by atoms with Gasteiger partial charge in [-0.05, 0) is 19.3 Å². The van der Waals surface area contributed by atoms with Gasteiger partial charge in [-0.25, -0.2) is 17.6 Å². The van der Waals surface area contributed by atoms with Crippen LogP contribution in [-0.2, 0) is 0 Å². The van der Waals surface area contributed by atoms with Gasteiger partial charge in [0.05, 0.1) is 0 Å². The Bertz CT molecular complexity index is 476. The van der Waals surface area contributed by atoms with Crippen LogP contribution in [-0.4, -0.2) is 25.2 Å². The fourth-order valence-corrected chi connectivity index (χ4v) is 2.52. The summed E-state index contributed by atoms with van der Waals surface area (Å²) in [6, 6.07) is 0.853. The maximum Gasteiger partial charge on any atom is 0.185 e. The average molecular weight is 274 g/mol. The van der Waals surface area contributed by atoms with Crippen molar-refractivity contribution in [2.45, 2.75) is 31.3 Å². The molecule has 1 aliphatic heterocycles. The molecule has 0 bridgehead atoms. The molecule has 0 spiro atoms. The summed E-state index contributed by atoms with van der Waals surface area (Å²) in [7, 11) is 0. The number of anilines is 1. The molecule has 6 heteroatoms. The highest BCUT2D eigenvalue weighted by Crippen LogP contribution is 2.31. The summed E-state index contributed by atoms with van der Waals surface area (Å²) < 4.78 is 53.6. The number of benzene rings is 1. The van der Waals surface area contributed by atoms with Gasteiger partial charge in [0.15, 0.2) is 23.3 Å². The lowest BCUT2D eigenvalue weighted by Gasteiger charge is -2.20. The zero-order valence-electron chi connectivity index (χ0n) is 10.2. The molecule has 3 rings (SSSR count). The van der Waals surface area contributed by atoms with Gasteiger partial charge >= 0.3 is 0 Å². The summed E-state index contributed by atoms with van der Waals surface area (Å²) in [4.78, 5) is 1.37. The molecule has 1 aromatic carbocycles. The van der Waals surface area contributed by atoms with Crippen molar-refractivity contribution in [3.8, 4) is 0 Å². The van der Waals surface area contributed by atoms with Gasteiger partial charge in [-0.1, -0.05) is 0 Å². The van der Waals surface area contributed by atoms with Crippen molar-refractivity contribution in [3.63, 3.8) is 0 Å². The van der Waals surface area contributed by atoms with Crippen molar-refractivity contribution in [1.82, 2.24) is 5.32 Å². The van der Waals surface area contributed by atoms with Gasteiger partial charge in [-0.2, -0.15) is 0 Å². The minimum atomic E-state index is -1.35. The number of rotatable bonds is 3. The smallest absolute Gasteiger partial charge is 0.185 e. The molecule has 0 aromatic heterocycles. The summed E-state index contributed by atoms with van der Waals surface area (Å²) in [6.07, 6.45) is 2.95. The quantitative estimate of drug-likeness (QED) is 0.673. The zero-order valence-corrected chi connectivity index (χ0v) is 10.2. The van der Waals surface area contributed by atoms with Crippen LogP contribution < -0.4 is 10.2 Å². The third-order valence-electron chi connectivity index (χ3n) is 3.64. The summed E-state index contributed by atoms with van der Waals surface area (Å²) in [6.45, 7) is 0.758. The molecule has 104 valence electrons. The van der Waals surface area contributed by atoms with E-state index in [1.807, 2.05) is 0 Å². The molecule has 1 aromatic rings. The molecule has 2 aliphatic rings. The lowest BCUT2D eigenvalue weighted by Crippen LogP contribution is -2.34. The molecule has 1 atom stereocenters. The Hall–Kier alpha value is -1.30. The van der Waals surface area contributed by atoms with E-state index in [9.17, 15) is 17.6 Å². The molecule has 1 saturated carbocycles. The van der Waals surface area contributed by atoms with Gasteiger partial charge in [0.2, 0.25) is 0 Å². The third-order valence-corrected chi connectivity index (χ3v) is 3.64. The monoisotopic (exact) mass is 274 g/mol. The predicted molar refractivity (Wildman–Crippen MR) is 63.0 cm³/mol. The summed E-state index contributed by atoms with van der Waals surface area (Å²) in [5, 5.41) is 3.35. The van der Waals surface area contributed by atoms with Gasteiger partial charge in [-0.15, -0.1) is 0 Å². The highest BCUT2D eigenvalue weighted by molar-refractivity contribution is 5.51. The molecule has 0 amide bonds. The molecule has 2 nitrogen and oxygen atoms in total. The Kier molecular flexibility index (Phi) is 3.12. The Labute approximate surface area is 108 Å². The highest BCUT2D eigenvalue weighted by Gasteiger charge is 2.32. The van der Waals surface area contributed by atoms with Crippen LogP contribution >= 0.6 is 0 Å². The van der Waals surface area contributed by atoms with E-state index in [4.69, 9.17) is 0 Å². The van der Waals surface area contributed by atoms with E-state index in [2.05, 4.69) is 5.32 Å². The van der Waals surface area contributed by atoms with E-state index in [1.54, 1.807) is 0 Å². The van der Waals surface area contributed by atoms with Crippen LogP contribution in [0.2, 0.25) is 0 Å². The van der Waals surface area contributed by atoms with Crippen LogP contribution in [0.3, 0.4) is 0 Å². The topological polar surface area (TPSA) is 15.3 Å². The Morgan fingerprint density at radius 3 is 2.16 bits per heavy atom. The summed E-state index contributed by atoms with van der Waals surface area (Å²) >= 11 is 0. The first-order valence-corrected chi connectivity index (χ1v) is 6.40. The summed E-state index contributed by atoms with van der Waals surface area (Å²) in [5.74, 6) is -5.34. The first-order chi connectivity index (χ1) is 9.06. The second-order valence-corrected chi connectivity index (χ2v) is 5.19. The molecule has 1 aliphatic carbocycles. The average Bonchev–Trinajstić information content (AvgIpc) is 3.06. The van der Waals surface area contributed by atoms with Crippen molar-refractivity contribution in [1.29, 1.82) is 0 Å². The maximum absolute atomic E-state index is 13.7. The number of nitrogens with zero attached hydrogens (tertiary/aromatic N) is 1. The third kappa shape index (κ3) is 2.41. The number of nitrogens with one attached hydrogen (secondary N) is 1. The van der Waals surface area contributed by atoms with Gasteiger partial charge in [0.25, 0.3) is 0 Å².